The lowest BCUT2D eigenvalue weighted by atomic mass is 10.2. The Morgan fingerprint density at radius 3 is 1.16 bits per heavy atom. The SMILES string of the molecule is CCOC(=O)c1cn(Cc2cnc(N3CC4C(C3)C4(F)F)nc2C)nn1.Cc1nc(N2CC3C(C2)C3(F)F)ncc1CN=[N+]=[N-].Cc1nc(N2CC3C(C2)C3(F)F)ncc1CO.Cc1nc(N2CC3C(C2)C3(F)F)ncc1Cn1cc(C(=O)O)nn1. The van der Waals surface area contributed by atoms with E-state index in [0.717, 1.165) is 22.4 Å². The second kappa shape index (κ2) is 22.4. The average molecular weight is 1210 g/mol. The maximum Gasteiger partial charge on any atom is 0.360 e. The minimum atomic E-state index is -2.53. The van der Waals surface area contributed by atoms with Gasteiger partial charge < -0.3 is 34.5 Å². The number of ether oxygens (including phenoxy) is 1. The van der Waals surface area contributed by atoms with E-state index in [-0.39, 0.29) is 50.8 Å². The van der Waals surface area contributed by atoms with Gasteiger partial charge in [-0.15, -0.1) is 10.2 Å². The summed E-state index contributed by atoms with van der Waals surface area (Å²) in [4.78, 5) is 66.5. The lowest BCUT2D eigenvalue weighted by Gasteiger charge is -2.20. The van der Waals surface area contributed by atoms with Crippen molar-refractivity contribution in [2.24, 2.45) is 52.5 Å². The summed E-state index contributed by atoms with van der Waals surface area (Å²) in [6.07, 6.45) is 9.24. The predicted octanol–water partition coefficient (Wildman–Crippen LogP) is 5.40. The summed E-state index contributed by atoms with van der Waals surface area (Å²) in [6.45, 7) is 12.3. The molecule has 26 nitrogen and oxygen atoms in total. The fourth-order valence-corrected chi connectivity index (χ4v) is 11.4. The molecule has 456 valence electrons. The van der Waals surface area contributed by atoms with Crippen molar-refractivity contribution in [3.8, 4) is 0 Å². The Bertz CT molecular complexity index is 3570. The Morgan fingerprint density at radius 1 is 0.558 bits per heavy atom. The highest BCUT2D eigenvalue weighted by Crippen LogP contribution is 2.62. The van der Waals surface area contributed by atoms with E-state index in [4.69, 9.17) is 20.5 Å². The molecule has 4 aliphatic carbocycles. The number of alkyl halides is 8. The summed E-state index contributed by atoms with van der Waals surface area (Å²) in [5.41, 5.74) is 14.1. The Labute approximate surface area is 483 Å². The topological polar surface area (TPSA) is 310 Å². The van der Waals surface area contributed by atoms with E-state index in [1.54, 1.807) is 72.1 Å². The van der Waals surface area contributed by atoms with Crippen LogP contribution in [0.25, 0.3) is 10.4 Å². The summed E-state index contributed by atoms with van der Waals surface area (Å²) >= 11 is 0. The zero-order valence-electron chi connectivity index (χ0n) is 46.8. The van der Waals surface area contributed by atoms with Crippen molar-refractivity contribution < 1.29 is 59.7 Å². The van der Waals surface area contributed by atoms with Crippen LogP contribution >= 0.6 is 0 Å². The third kappa shape index (κ3) is 11.5. The molecule has 14 rings (SSSR count). The number of carboxylic acid groups (broad SMARTS) is 1. The molecule has 86 heavy (non-hydrogen) atoms. The highest BCUT2D eigenvalue weighted by Gasteiger charge is 2.74. The number of carboxylic acids is 1. The molecule has 4 saturated carbocycles. The quantitative estimate of drug-likeness (QED) is 0.0453. The van der Waals surface area contributed by atoms with E-state index in [1.807, 2.05) is 6.92 Å². The molecule has 4 saturated heterocycles. The molecule has 0 spiro atoms. The molecule has 2 N–H and O–H groups in total. The summed E-state index contributed by atoms with van der Waals surface area (Å²) in [5, 5.41) is 36.3. The molecule has 6 aromatic rings. The first kappa shape index (κ1) is 59.2. The highest BCUT2D eigenvalue weighted by atomic mass is 19.3. The van der Waals surface area contributed by atoms with E-state index in [1.165, 1.54) is 21.8 Å². The van der Waals surface area contributed by atoms with Crippen molar-refractivity contribution in [3.05, 3.63) is 104 Å². The molecule has 8 aliphatic rings. The van der Waals surface area contributed by atoms with Gasteiger partial charge in [-0.25, -0.2) is 93.9 Å². The fraction of sp³-hybridized carbons (Fsp3) is 0.577. The van der Waals surface area contributed by atoms with Crippen LogP contribution in [-0.2, 0) is 31.0 Å². The second-order valence-electron chi connectivity index (χ2n) is 22.5. The van der Waals surface area contributed by atoms with Crippen molar-refractivity contribution >= 4 is 35.7 Å². The van der Waals surface area contributed by atoms with Gasteiger partial charge in [0, 0.05) is 122 Å². The van der Waals surface area contributed by atoms with Crippen molar-refractivity contribution in [2.45, 2.75) is 84.5 Å². The summed E-state index contributed by atoms with van der Waals surface area (Å²) in [6, 6.07) is 0. The molecule has 4 aliphatic heterocycles. The number of esters is 1. The number of carbonyl (C=O) groups is 2. The number of piperidine rings is 4. The molecule has 0 bridgehead atoms. The van der Waals surface area contributed by atoms with Gasteiger partial charge in [-0.2, -0.15) is 0 Å². The van der Waals surface area contributed by atoms with Crippen LogP contribution in [0.1, 0.15) is 72.9 Å². The molecule has 34 heteroatoms. The number of halogens is 8. The molecular weight excluding hydrogens is 1150 g/mol. The number of aromatic carboxylic acids is 1. The van der Waals surface area contributed by atoms with Crippen LogP contribution in [0, 0.1) is 75.0 Å². The number of nitrogens with zero attached hydrogens (tertiary/aromatic N) is 21. The Balaban J connectivity index is 0.000000121. The fourth-order valence-electron chi connectivity index (χ4n) is 11.4. The number of rotatable bonds is 14. The standard InChI is InChI=1S/C16H18F2N6O2.C14H14F2N6O2.C11H12F2N6.C11H13F2N3O/c1-3-26-14(25)13-8-24(22-21-13)5-10-4-19-15(20-9(10)2)23-6-11-12(7-23)16(11,17)18;1-7-8(3-22-6-11(12(23)24)19-20-22)2-17-13(18-7)21-4-9-10(5-21)14(9,15)16;1-6-7(3-16-18-14)2-15-10(17-6)19-4-8-9(5-19)11(8,12)13;1-6-7(5-17)2-14-10(15-6)16-3-8-9(4-16)11(8,12)13/h4,8,11-12H,3,5-7H2,1-2H3;2,6,9-10H,3-5H2,1H3,(H,23,24);2,8-9H,3-5H2,1H3;2,8-9,17H,3-5H2,1H3. The van der Waals surface area contributed by atoms with Crippen LogP contribution in [0.5, 0.6) is 0 Å². The molecule has 8 unspecified atom stereocenters. The van der Waals surface area contributed by atoms with E-state index >= 15 is 0 Å². The zero-order chi connectivity index (χ0) is 61.4. The smallest absolute Gasteiger partial charge is 0.360 e. The van der Waals surface area contributed by atoms with E-state index in [9.17, 15) is 44.7 Å². The third-order valence-corrected chi connectivity index (χ3v) is 17.1. The second-order valence-corrected chi connectivity index (χ2v) is 22.5. The first-order valence-corrected chi connectivity index (χ1v) is 27.5. The van der Waals surface area contributed by atoms with Gasteiger partial charge in [0.25, 0.3) is 23.7 Å². The maximum atomic E-state index is 13.3. The van der Waals surface area contributed by atoms with Crippen LogP contribution in [0.4, 0.5) is 58.9 Å². The summed E-state index contributed by atoms with van der Waals surface area (Å²) < 4.78 is 113. The zero-order valence-corrected chi connectivity index (χ0v) is 46.8. The third-order valence-electron chi connectivity index (χ3n) is 17.1. The molecule has 0 aromatic carbocycles. The summed E-state index contributed by atoms with van der Waals surface area (Å²) in [5.74, 6) is -14.2. The minimum absolute atomic E-state index is 0.102. The number of anilines is 4. The van der Waals surface area contributed by atoms with Crippen molar-refractivity contribution in [1.82, 2.24) is 69.9 Å². The van der Waals surface area contributed by atoms with Crippen LogP contribution in [0.3, 0.4) is 0 Å². The first-order chi connectivity index (χ1) is 40.8. The van der Waals surface area contributed by atoms with E-state index in [2.05, 4.69) is 70.5 Å². The molecule has 10 heterocycles. The molecule has 6 aromatic heterocycles. The van der Waals surface area contributed by atoms with Crippen LogP contribution in [0.15, 0.2) is 42.3 Å². The van der Waals surface area contributed by atoms with Gasteiger partial charge in [0.15, 0.2) is 11.4 Å². The number of aliphatic hydroxyl groups excluding tert-OH is 1. The first-order valence-electron chi connectivity index (χ1n) is 27.5. The number of fused-ring (bicyclic) bond motifs is 4. The minimum Gasteiger partial charge on any atom is -0.476 e. The monoisotopic (exact) mass is 1210 g/mol. The van der Waals surface area contributed by atoms with Gasteiger partial charge in [0.05, 0.1) is 92.6 Å². The van der Waals surface area contributed by atoms with Crippen molar-refractivity contribution in [2.75, 3.05) is 78.6 Å². The Morgan fingerprint density at radius 2 is 0.872 bits per heavy atom. The van der Waals surface area contributed by atoms with Gasteiger partial charge in [-0.05, 0) is 45.7 Å². The normalized spacial score (nSPS) is 25.4. The number of hydrogen-bond acceptors (Lipinski definition) is 21. The largest absolute Gasteiger partial charge is 0.476 e. The van der Waals surface area contributed by atoms with E-state index in [0.29, 0.717) is 92.3 Å². The number of aromatic nitrogens is 14. The number of aliphatic hydroxyl groups is 1. The average Bonchev–Trinajstić information content (AvgIpc) is 1.60. The molecule has 0 amide bonds. The van der Waals surface area contributed by atoms with E-state index < -0.39 is 83.0 Å². The Hall–Kier alpha value is -8.55. The van der Waals surface area contributed by atoms with Crippen molar-refractivity contribution in [1.29, 1.82) is 0 Å². The summed E-state index contributed by atoms with van der Waals surface area (Å²) in [7, 11) is 0. The molecule has 8 atom stereocenters. The number of carbonyl (C=O) groups excluding carboxylic acids is 1. The molecule has 8 fully saturated rings. The van der Waals surface area contributed by atoms with Gasteiger partial charge in [0.1, 0.15) is 0 Å². The lowest BCUT2D eigenvalue weighted by molar-refractivity contribution is 0.0518. The van der Waals surface area contributed by atoms with Crippen LogP contribution in [0.2, 0.25) is 0 Å². The molecular formula is C52H57F8N21O5. The lowest BCUT2D eigenvalue weighted by Crippen LogP contribution is -2.29. The molecule has 0 radical (unpaired) electrons. The van der Waals surface area contributed by atoms with Gasteiger partial charge >= 0.3 is 11.9 Å². The highest BCUT2D eigenvalue weighted by molar-refractivity contribution is 5.86. The van der Waals surface area contributed by atoms with Gasteiger partial charge in [-0.3, -0.25) is 0 Å². The van der Waals surface area contributed by atoms with Gasteiger partial charge in [-0.1, -0.05) is 15.5 Å². The number of azide groups is 1. The van der Waals surface area contributed by atoms with Gasteiger partial charge in [0.2, 0.25) is 23.8 Å². The van der Waals surface area contributed by atoms with Crippen LogP contribution < -0.4 is 19.6 Å². The maximum absolute atomic E-state index is 13.3. The van der Waals surface area contributed by atoms with Crippen LogP contribution in [-0.4, -0.2) is 175 Å². The Kier molecular flexibility index (Phi) is 15.4. The predicted molar refractivity (Wildman–Crippen MR) is 284 cm³/mol. The van der Waals surface area contributed by atoms with Crippen molar-refractivity contribution in [3.63, 3.8) is 0 Å². The number of aryl methyl sites for hydroxylation is 4. The number of hydrogen-bond donors (Lipinski definition) is 2.